The van der Waals surface area contributed by atoms with Gasteiger partial charge in [-0.3, -0.25) is 0 Å². The van der Waals surface area contributed by atoms with Gasteiger partial charge in [-0.25, -0.2) is 4.79 Å². The molecule has 0 bridgehead atoms. The second-order valence-corrected chi connectivity index (χ2v) is 4.34. The van der Waals surface area contributed by atoms with Crippen LogP contribution in [-0.4, -0.2) is 25.0 Å². The van der Waals surface area contributed by atoms with Gasteiger partial charge in [0.05, 0.1) is 0 Å². The summed E-state index contributed by atoms with van der Waals surface area (Å²) in [4.78, 5) is 13.0. The lowest BCUT2D eigenvalue weighted by atomic mass is 10.1. The molecule has 0 aliphatic rings. The van der Waals surface area contributed by atoms with Crippen molar-refractivity contribution in [1.82, 2.24) is 4.90 Å². The standard InChI is InChI=1S/C14H21N2O/c1-4-5-6-8-12-9-7-10-13(11-12)15-14(17)16(2)3/h7,9-11H,1,4-6,8H2,2-3H3,(H,15,17). The van der Waals surface area contributed by atoms with E-state index in [0.29, 0.717) is 0 Å². The first-order chi connectivity index (χ1) is 8.13. The topological polar surface area (TPSA) is 32.3 Å². The van der Waals surface area contributed by atoms with Gasteiger partial charge in [0, 0.05) is 19.8 Å². The number of carbonyl (C=O) groups excluding carboxylic acids is 1. The number of nitrogens with zero attached hydrogens (tertiary/aromatic N) is 1. The molecule has 1 aromatic carbocycles. The molecule has 1 aromatic rings. The van der Waals surface area contributed by atoms with E-state index in [1.54, 1.807) is 14.1 Å². The number of aryl methyl sites for hydroxylation is 1. The molecule has 17 heavy (non-hydrogen) atoms. The minimum atomic E-state index is -0.0973. The molecule has 1 radical (unpaired) electrons. The molecule has 1 rings (SSSR count). The van der Waals surface area contributed by atoms with Gasteiger partial charge in [-0.05, 0) is 30.5 Å². The van der Waals surface area contributed by atoms with Crippen LogP contribution in [0.4, 0.5) is 10.5 Å². The summed E-state index contributed by atoms with van der Waals surface area (Å²) >= 11 is 0. The molecule has 0 saturated heterocycles. The molecule has 0 atom stereocenters. The predicted octanol–water partition coefficient (Wildman–Crippen LogP) is 3.33. The van der Waals surface area contributed by atoms with E-state index >= 15 is 0 Å². The molecule has 93 valence electrons. The lowest BCUT2D eigenvalue weighted by Gasteiger charge is -2.12. The molecule has 3 heteroatoms. The van der Waals surface area contributed by atoms with E-state index in [4.69, 9.17) is 0 Å². The van der Waals surface area contributed by atoms with Crippen molar-refractivity contribution in [3.63, 3.8) is 0 Å². The first-order valence-corrected chi connectivity index (χ1v) is 6.00. The van der Waals surface area contributed by atoms with Crippen molar-refractivity contribution in [2.45, 2.75) is 25.7 Å². The molecule has 3 nitrogen and oxygen atoms in total. The molecule has 0 unspecified atom stereocenters. The van der Waals surface area contributed by atoms with Gasteiger partial charge in [-0.1, -0.05) is 31.9 Å². The number of carbonyl (C=O) groups is 1. The summed E-state index contributed by atoms with van der Waals surface area (Å²) in [5.41, 5.74) is 2.12. The average Bonchev–Trinajstić information content (AvgIpc) is 2.30. The Bertz CT molecular complexity index is 361. The number of urea groups is 1. The smallest absolute Gasteiger partial charge is 0.321 e. The number of nitrogens with one attached hydrogen (secondary N) is 1. The van der Waals surface area contributed by atoms with E-state index in [-0.39, 0.29) is 6.03 Å². The highest BCUT2D eigenvalue weighted by Crippen LogP contribution is 2.13. The molecule has 0 heterocycles. The van der Waals surface area contributed by atoms with Crippen molar-refractivity contribution < 1.29 is 4.79 Å². The largest absolute Gasteiger partial charge is 0.331 e. The summed E-state index contributed by atoms with van der Waals surface area (Å²) in [5, 5.41) is 2.85. The Morgan fingerprint density at radius 1 is 1.35 bits per heavy atom. The van der Waals surface area contributed by atoms with E-state index in [0.717, 1.165) is 31.4 Å². The minimum absolute atomic E-state index is 0.0973. The number of unbranched alkanes of at least 4 members (excludes halogenated alkanes) is 2. The Kier molecular flexibility index (Phi) is 5.53. The van der Waals surface area contributed by atoms with Crippen molar-refractivity contribution in [3.8, 4) is 0 Å². The van der Waals surface area contributed by atoms with Crippen LogP contribution < -0.4 is 5.32 Å². The van der Waals surface area contributed by atoms with Gasteiger partial charge >= 0.3 is 6.03 Å². The monoisotopic (exact) mass is 233 g/mol. The Hall–Kier alpha value is -1.51. The molecule has 0 fully saturated rings. The fourth-order valence-corrected chi connectivity index (χ4v) is 1.55. The van der Waals surface area contributed by atoms with Gasteiger partial charge in [0.25, 0.3) is 0 Å². The van der Waals surface area contributed by atoms with Gasteiger partial charge in [-0.15, -0.1) is 0 Å². The van der Waals surface area contributed by atoms with E-state index in [2.05, 4.69) is 18.3 Å². The van der Waals surface area contributed by atoms with E-state index in [1.165, 1.54) is 10.5 Å². The van der Waals surface area contributed by atoms with Crippen LogP contribution in [0.2, 0.25) is 0 Å². The number of amides is 2. The predicted molar refractivity (Wildman–Crippen MR) is 72.1 cm³/mol. The molecule has 0 aliphatic carbocycles. The molecule has 0 spiro atoms. The Labute approximate surface area is 104 Å². The summed E-state index contributed by atoms with van der Waals surface area (Å²) in [5.74, 6) is 0. The quantitative estimate of drug-likeness (QED) is 0.777. The average molecular weight is 233 g/mol. The zero-order valence-electron chi connectivity index (χ0n) is 10.7. The zero-order valence-corrected chi connectivity index (χ0v) is 10.7. The van der Waals surface area contributed by atoms with Gasteiger partial charge in [-0.2, -0.15) is 0 Å². The third-order valence-electron chi connectivity index (χ3n) is 2.55. The normalized spacial score (nSPS) is 10.1. The van der Waals surface area contributed by atoms with Gasteiger partial charge in [0.15, 0.2) is 0 Å². The maximum atomic E-state index is 11.5. The maximum Gasteiger partial charge on any atom is 0.321 e. The molecule has 0 aliphatic heterocycles. The van der Waals surface area contributed by atoms with Crippen molar-refractivity contribution in [2.24, 2.45) is 0 Å². The highest BCUT2D eigenvalue weighted by atomic mass is 16.2. The minimum Gasteiger partial charge on any atom is -0.331 e. The van der Waals surface area contributed by atoms with E-state index in [9.17, 15) is 4.79 Å². The van der Waals surface area contributed by atoms with Gasteiger partial charge in [0.2, 0.25) is 0 Å². The van der Waals surface area contributed by atoms with E-state index in [1.807, 2.05) is 18.2 Å². The van der Waals surface area contributed by atoms with Crippen LogP contribution in [0.1, 0.15) is 24.8 Å². The fraction of sp³-hybridized carbons (Fsp3) is 0.429. The molecular weight excluding hydrogens is 212 g/mol. The van der Waals surface area contributed by atoms with Crippen molar-refractivity contribution in [2.75, 3.05) is 19.4 Å². The molecule has 0 saturated carbocycles. The first kappa shape index (κ1) is 13.6. The second-order valence-electron chi connectivity index (χ2n) is 4.34. The summed E-state index contributed by atoms with van der Waals surface area (Å²) in [6.45, 7) is 3.83. The Balaban J connectivity index is 2.56. The Morgan fingerprint density at radius 3 is 2.76 bits per heavy atom. The van der Waals surface area contributed by atoms with Gasteiger partial charge < -0.3 is 10.2 Å². The lowest BCUT2D eigenvalue weighted by Crippen LogP contribution is -2.27. The van der Waals surface area contributed by atoms with Crippen LogP contribution in [0, 0.1) is 6.92 Å². The highest BCUT2D eigenvalue weighted by Gasteiger charge is 2.03. The maximum absolute atomic E-state index is 11.5. The zero-order chi connectivity index (χ0) is 12.7. The lowest BCUT2D eigenvalue weighted by molar-refractivity contribution is 0.230. The summed E-state index contributed by atoms with van der Waals surface area (Å²) in [7, 11) is 3.46. The Morgan fingerprint density at radius 2 is 2.12 bits per heavy atom. The third kappa shape index (κ3) is 4.89. The van der Waals surface area contributed by atoms with Crippen LogP contribution in [0.15, 0.2) is 24.3 Å². The number of hydrogen-bond donors (Lipinski definition) is 1. The van der Waals surface area contributed by atoms with Crippen molar-refractivity contribution in [3.05, 3.63) is 36.8 Å². The van der Waals surface area contributed by atoms with Crippen LogP contribution in [0.3, 0.4) is 0 Å². The summed E-state index contributed by atoms with van der Waals surface area (Å²) in [6.07, 6.45) is 4.32. The number of benzene rings is 1. The molecule has 2 amide bonds. The second kappa shape index (κ2) is 6.94. The number of hydrogen-bond acceptors (Lipinski definition) is 1. The van der Waals surface area contributed by atoms with Crippen LogP contribution in [-0.2, 0) is 6.42 Å². The number of rotatable bonds is 5. The van der Waals surface area contributed by atoms with Crippen LogP contribution in [0.5, 0.6) is 0 Å². The van der Waals surface area contributed by atoms with E-state index < -0.39 is 0 Å². The third-order valence-corrected chi connectivity index (χ3v) is 2.55. The first-order valence-electron chi connectivity index (χ1n) is 6.00. The molecule has 1 N–H and O–H groups in total. The van der Waals surface area contributed by atoms with Crippen molar-refractivity contribution in [1.29, 1.82) is 0 Å². The molecule has 0 aromatic heterocycles. The summed E-state index contributed by atoms with van der Waals surface area (Å²) < 4.78 is 0. The SMILES string of the molecule is [CH2]CCCCc1cccc(NC(=O)N(C)C)c1. The number of anilines is 1. The van der Waals surface area contributed by atoms with Crippen molar-refractivity contribution >= 4 is 11.7 Å². The van der Waals surface area contributed by atoms with Crippen LogP contribution in [0.25, 0.3) is 0 Å². The fourth-order valence-electron chi connectivity index (χ4n) is 1.55. The van der Waals surface area contributed by atoms with Gasteiger partial charge in [0.1, 0.15) is 0 Å². The summed E-state index contributed by atoms with van der Waals surface area (Å²) in [6, 6.07) is 7.91. The highest BCUT2D eigenvalue weighted by molar-refractivity contribution is 5.88. The molecular formula is C14H21N2O. The van der Waals surface area contributed by atoms with Crippen LogP contribution >= 0.6 is 0 Å².